The van der Waals surface area contributed by atoms with Crippen molar-refractivity contribution >= 4 is 11.4 Å². The van der Waals surface area contributed by atoms with Crippen LogP contribution >= 0.6 is 0 Å². The monoisotopic (exact) mass is 257 g/mol. The summed E-state index contributed by atoms with van der Waals surface area (Å²) in [6.07, 6.45) is 5.19. The normalized spacial score (nSPS) is 26.6. The van der Waals surface area contributed by atoms with Crippen LogP contribution in [0, 0.1) is 11.3 Å². The molecule has 2 N–H and O–H groups in total. The van der Waals surface area contributed by atoms with Gasteiger partial charge in [0.2, 0.25) is 0 Å². The van der Waals surface area contributed by atoms with Crippen molar-refractivity contribution in [2.75, 3.05) is 23.8 Å². The molecule has 1 aliphatic carbocycles. The average Bonchev–Trinajstić information content (AvgIpc) is 2.46. The maximum atomic E-state index is 8.91. The summed E-state index contributed by atoms with van der Waals surface area (Å²) < 4.78 is 5.88. The summed E-state index contributed by atoms with van der Waals surface area (Å²) in [6.45, 7) is 1.65. The van der Waals surface area contributed by atoms with Gasteiger partial charge in [-0.2, -0.15) is 5.26 Å². The van der Waals surface area contributed by atoms with Gasteiger partial charge >= 0.3 is 0 Å². The molecule has 0 amide bonds. The topological polar surface area (TPSA) is 62.3 Å². The lowest BCUT2D eigenvalue weighted by Crippen LogP contribution is -2.53. The molecule has 0 radical (unpaired) electrons. The largest absolute Gasteiger partial charge is 0.397 e. The number of nitrogens with two attached hydrogens (primary N) is 1. The first-order chi connectivity index (χ1) is 9.29. The molecule has 2 aliphatic rings. The predicted molar refractivity (Wildman–Crippen MR) is 74.9 cm³/mol. The van der Waals surface area contributed by atoms with Crippen molar-refractivity contribution < 1.29 is 4.74 Å². The Morgan fingerprint density at radius 3 is 2.95 bits per heavy atom. The molecule has 1 aromatic carbocycles. The molecule has 1 aromatic rings. The molecule has 1 aliphatic heterocycles. The number of rotatable bonds is 1. The van der Waals surface area contributed by atoms with Crippen LogP contribution in [0.5, 0.6) is 0 Å². The van der Waals surface area contributed by atoms with Crippen LogP contribution in [-0.2, 0) is 4.74 Å². The van der Waals surface area contributed by atoms with Gasteiger partial charge in [-0.3, -0.25) is 0 Å². The first-order valence-corrected chi connectivity index (χ1v) is 6.97. The highest BCUT2D eigenvalue weighted by Gasteiger charge is 2.34. The molecule has 4 nitrogen and oxygen atoms in total. The van der Waals surface area contributed by atoms with Crippen molar-refractivity contribution in [2.24, 2.45) is 0 Å². The van der Waals surface area contributed by atoms with Gasteiger partial charge in [0.05, 0.1) is 41.8 Å². The lowest BCUT2D eigenvalue weighted by molar-refractivity contribution is -0.00862. The van der Waals surface area contributed by atoms with Gasteiger partial charge in [0, 0.05) is 6.54 Å². The minimum atomic E-state index is 0.345. The fourth-order valence-corrected chi connectivity index (χ4v) is 3.28. The highest BCUT2D eigenvalue weighted by molar-refractivity contribution is 5.70. The van der Waals surface area contributed by atoms with Crippen molar-refractivity contribution in [3.05, 3.63) is 23.8 Å². The second-order valence-electron chi connectivity index (χ2n) is 5.34. The molecule has 2 atom stereocenters. The molecule has 1 saturated carbocycles. The number of hydrogen-bond acceptors (Lipinski definition) is 4. The van der Waals surface area contributed by atoms with Crippen LogP contribution in [0.25, 0.3) is 0 Å². The van der Waals surface area contributed by atoms with E-state index in [9.17, 15) is 0 Å². The van der Waals surface area contributed by atoms with E-state index in [2.05, 4.69) is 11.0 Å². The summed E-state index contributed by atoms with van der Waals surface area (Å²) in [5, 5.41) is 8.91. The molecule has 2 unspecified atom stereocenters. The minimum absolute atomic E-state index is 0.345. The van der Waals surface area contributed by atoms with Crippen LogP contribution in [0.3, 0.4) is 0 Å². The molecule has 0 bridgehead atoms. The summed E-state index contributed by atoms with van der Waals surface area (Å²) in [6, 6.07) is 8.16. The SMILES string of the molecule is N#Cc1ccc(N2CCOC3CCCCC32)c(N)c1. The molecule has 1 saturated heterocycles. The molecule has 0 aromatic heterocycles. The van der Waals surface area contributed by atoms with Gasteiger partial charge in [0.1, 0.15) is 0 Å². The van der Waals surface area contributed by atoms with Crippen LogP contribution in [-0.4, -0.2) is 25.3 Å². The van der Waals surface area contributed by atoms with E-state index >= 15 is 0 Å². The number of nitrogens with zero attached hydrogens (tertiary/aromatic N) is 2. The lowest BCUT2D eigenvalue weighted by Gasteiger charge is -2.45. The van der Waals surface area contributed by atoms with E-state index in [1.54, 1.807) is 6.07 Å². The van der Waals surface area contributed by atoms with Gasteiger partial charge in [-0.05, 0) is 31.0 Å². The van der Waals surface area contributed by atoms with Crippen molar-refractivity contribution in [3.8, 4) is 6.07 Å². The van der Waals surface area contributed by atoms with E-state index in [0.717, 1.165) is 25.3 Å². The highest BCUT2D eigenvalue weighted by Crippen LogP contribution is 2.34. The van der Waals surface area contributed by atoms with Crippen molar-refractivity contribution in [3.63, 3.8) is 0 Å². The minimum Gasteiger partial charge on any atom is -0.397 e. The lowest BCUT2D eigenvalue weighted by atomic mass is 9.89. The second-order valence-corrected chi connectivity index (χ2v) is 5.34. The van der Waals surface area contributed by atoms with E-state index in [-0.39, 0.29) is 0 Å². The van der Waals surface area contributed by atoms with Gasteiger partial charge in [-0.1, -0.05) is 12.8 Å². The molecule has 100 valence electrons. The van der Waals surface area contributed by atoms with Gasteiger partial charge in [0.15, 0.2) is 0 Å². The van der Waals surface area contributed by atoms with E-state index in [4.69, 9.17) is 15.7 Å². The molecular weight excluding hydrogens is 238 g/mol. The molecule has 3 rings (SSSR count). The van der Waals surface area contributed by atoms with E-state index in [1.807, 2.05) is 12.1 Å². The number of nitriles is 1. The highest BCUT2D eigenvalue weighted by atomic mass is 16.5. The number of nitrogen functional groups attached to an aromatic ring is 1. The summed E-state index contributed by atoms with van der Waals surface area (Å²) >= 11 is 0. The maximum Gasteiger partial charge on any atom is 0.0992 e. The van der Waals surface area contributed by atoms with Gasteiger partial charge in [0.25, 0.3) is 0 Å². The Hall–Kier alpha value is -1.73. The molecule has 4 heteroatoms. The standard InChI is InChI=1S/C15H19N3O/c16-10-11-5-6-13(12(17)9-11)18-7-8-19-15-4-2-1-3-14(15)18/h5-6,9,14-15H,1-4,7-8,17H2. The van der Waals surface area contributed by atoms with Crippen LogP contribution in [0.1, 0.15) is 31.2 Å². The molecule has 0 spiro atoms. The fourth-order valence-electron chi connectivity index (χ4n) is 3.28. The second kappa shape index (κ2) is 5.10. The number of benzene rings is 1. The Bertz CT molecular complexity index is 507. The van der Waals surface area contributed by atoms with Crippen molar-refractivity contribution in [1.82, 2.24) is 0 Å². The Morgan fingerprint density at radius 1 is 1.32 bits per heavy atom. The number of anilines is 2. The number of morpholine rings is 1. The van der Waals surface area contributed by atoms with Gasteiger partial charge in [-0.15, -0.1) is 0 Å². The van der Waals surface area contributed by atoms with Crippen molar-refractivity contribution in [2.45, 2.75) is 37.8 Å². The Morgan fingerprint density at radius 2 is 2.16 bits per heavy atom. The Kier molecular flexibility index (Phi) is 3.31. The van der Waals surface area contributed by atoms with Crippen LogP contribution < -0.4 is 10.6 Å². The van der Waals surface area contributed by atoms with Crippen molar-refractivity contribution in [1.29, 1.82) is 5.26 Å². The van der Waals surface area contributed by atoms with Crippen LogP contribution in [0.4, 0.5) is 11.4 Å². The van der Waals surface area contributed by atoms with Gasteiger partial charge < -0.3 is 15.4 Å². The van der Waals surface area contributed by atoms with E-state index in [0.29, 0.717) is 23.4 Å². The maximum absolute atomic E-state index is 8.91. The third-order valence-corrected chi connectivity index (χ3v) is 4.20. The summed E-state index contributed by atoms with van der Waals surface area (Å²) in [4.78, 5) is 2.38. The third kappa shape index (κ3) is 2.26. The number of ether oxygens (including phenoxy) is 1. The van der Waals surface area contributed by atoms with Gasteiger partial charge in [-0.25, -0.2) is 0 Å². The summed E-state index contributed by atoms with van der Waals surface area (Å²) in [5.41, 5.74) is 8.49. The van der Waals surface area contributed by atoms with Crippen LogP contribution in [0.15, 0.2) is 18.2 Å². The zero-order chi connectivity index (χ0) is 13.2. The average molecular weight is 257 g/mol. The summed E-state index contributed by atoms with van der Waals surface area (Å²) in [7, 11) is 0. The fraction of sp³-hybridized carbons (Fsp3) is 0.533. The van der Waals surface area contributed by atoms with E-state index in [1.165, 1.54) is 19.3 Å². The first kappa shape index (κ1) is 12.3. The third-order valence-electron chi connectivity index (χ3n) is 4.20. The Labute approximate surface area is 113 Å². The molecule has 1 heterocycles. The smallest absolute Gasteiger partial charge is 0.0992 e. The first-order valence-electron chi connectivity index (χ1n) is 6.97. The van der Waals surface area contributed by atoms with Crippen LogP contribution in [0.2, 0.25) is 0 Å². The molecular formula is C15H19N3O. The predicted octanol–water partition coefficient (Wildman–Crippen LogP) is 2.29. The molecule has 2 fully saturated rings. The quantitative estimate of drug-likeness (QED) is 0.784. The summed E-state index contributed by atoms with van der Waals surface area (Å²) in [5.74, 6) is 0. The number of fused-ring (bicyclic) bond motifs is 1. The Balaban J connectivity index is 1.90. The van der Waals surface area contributed by atoms with E-state index < -0.39 is 0 Å². The zero-order valence-corrected chi connectivity index (χ0v) is 11.0. The zero-order valence-electron chi connectivity index (χ0n) is 11.0. The molecule has 19 heavy (non-hydrogen) atoms. The number of hydrogen-bond donors (Lipinski definition) is 1.